The Morgan fingerprint density at radius 1 is 1.44 bits per heavy atom. The molecular weight excluding hydrogens is 228 g/mol. The van der Waals surface area contributed by atoms with E-state index in [1.54, 1.807) is 6.07 Å². The average molecular weight is 250 g/mol. The summed E-state index contributed by atoms with van der Waals surface area (Å²) in [5.41, 5.74) is 5.76. The quantitative estimate of drug-likeness (QED) is 0.716. The summed E-state index contributed by atoms with van der Waals surface area (Å²) in [4.78, 5) is 8.67. The van der Waals surface area contributed by atoms with Crippen LogP contribution in [0.2, 0.25) is 0 Å². The molecule has 1 aromatic heterocycles. The van der Waals surface area contributed by atoms with Gasteiger partial charge in [0.2, 0.25) is 0 Å². The van der Waals surface area contributed by atoms with E-state index in [1.807, 2.05) is 0 Å². The van der Waals surface area contributed by atoms with Crippen molar-refractivity contribution in [1.29, 1.82) is 0 Å². The molecule has 0 aromatic carbocycles. The van der Waals surface area contributed by atoms with Crippen LogP contribution in [0.3, 0.4) is 0 Å². The van der Waals surface area contributed by atoms with E-state index in [1.165, 1.54) is 0 Å². The lowest BCUT2D eigenvalue weighted by atomic mass is 10.1. The Labute approximate surface area is 108 Å². The molecule has 1 aromatic rings. The normalized spacial score (nSPS) is 16.9. The summed E-state index contributed by atoms with van der Waals surface area (Å²) in [6.07, 6.45) is 2.73. The molecule has 5 nitrogen and oxygen atoms in total. The highest BCUT2D eigenvalue weighted by molar-refractivity contribution is 5.45. The second kappa shape index (κ2) is 5.52. The molecule has 0 saturated heterocycles. The second-order valence-corrected chi connectivity index (χ2v) is 5.47. The van der Waals surface area contributed by atoms with Gasteiger partial charge in [0.05, 0.1) is 6.10 Å². The first-order valence-electron chi connectivity index (χ1n) is 6.61. The van der Waals surface area contributed by atoms with Gasteiger partial charge in [-0.25, -0.2) is 9.97 Å². The van der Waals surface area contributed by atoms with Crippen molar-refractivity contribution in [3.05, 3.63) is 11.9 Å². The smallest absolute Gasteiger partial charge is 0.136 e. The van der Waals surface area contributed by atoms with Crippen molar-refractivity contribution < 1.29 is 5.11 Å². The number of nitrogens with zero attached hydrogens (tertiary/aromatic N) is 2. The third-order valence-corrected chi connectivity index (χ3v) is 2.97. The van der Waals surface area contributed by atoms with Crippen LogP contribution in [0.5, 0.6) is 0 Å². The number of hydrogen-bond donors (Lipinski definition) is 3. The number of rotatable bonds is 6. The van der Waals surface area contributed by atoms with Crippen LogP contribution in [-0.2, 0) is 0 Å². The van der Waals surface area contributed by atoms with Crippen molar-refractivity contribution in [3.8, 4) is 0 Å². The monoisotopic (exact) mass is 250 g/mol. The van der Waals surface area contributed by atoms with E-state index in [0.717, 1.165) is 25.1 Å². The number of hydrogen-bond acceptors (Lipinski definition) is 5. The van der Waals surface area contributed by atoms with E-state index in [4.69, 9.17) is 5.73 Å². The molecule has 0 radical (unpaired) electrons. The van der Waals surface area contributed by atoms with Gasteiger partial charge in [0.15, 0.2) is 0 Å². The van der Waals surface area contributed by atoms with Gasteiger partial charge in [0, 0.05) is 18.5 Å². The molecule has 1 fully saturated rings. The number of nitrogens with one attached hydrogen (secondary N) is 1. The first-order chi connectivity index (χ1) is 8.54. The van der Waals surface area contributed by atoms with Gasteiger partial charge in [0.25, 0.3) is 0 Å². The van der Waals surface area contributed by atoms with E-state index in [-0.39, 0.29) is 6.10 Å². The third kappa shape index (κ3) is 3.84. The van der Waals surface area contributed by atoms with Gasteiger partial charge in [-0.2, -0.15) is 0 Å². The molecule has 18 heavy (non-hydrogen) atoms. The second-order valence-electron chi connectivity index (χ2n) is 5.47. The molecule has 4 N–H and O–H groups in total. The van der Waals surface area contributed by atoms with Crippen LogP contribution in [0.25, 0.3) is 0 Å². The Hall–Kier alpha value is -1.36. The van der Waals surface area contributed by atoms with Gasteiger partial charge in [-0.3, -0.25) is 0 Å². The van der Waals surface area contributed by atoms with Crippen LogP contribution < -0.4 is 11.1 Å². The number of anilines is 2. The van der Waals surface area contributed by atoms with Crippen LogP contribution in [0, 0.1) is 5.92 Å². The number of nitrogens with two attached hydrogens (primary N) is 1. The molecule has 1 heterocycles. The van der Waals surface area contributed by atoms with E-state index in [2.05, 4.69) is 29.1 Å². The van der Waals surface area contributed by atoms with Crippen LogP contribution in [0.15, 0.2) is 6.07 Å². The highest BCUT2D eigenvalue weighted by atomic mass is 16.3. The highest BCUT2D eigenvalue weighted by Gasteiger charge is 2.27. The molecule has 0 aliphatic heterocycles. The van der Waals surface area contributed by atoms with Crippen molar-refractivity contribution in [2.45, 2.75) is 45.1 Å². The lowest BCUT2D eigenvalue weighted by molar-refractivity contribution is 0.161. The molecule has 100 valence electrons. The molecular formula is C13H22N4O. The number of nitrogen functional groups attached to an aromatic ring is 1. The van der Waals surface area contributed by atoms with E-state index in [0.29, 0.717) is 30.0 Å². The fourth-order valence-corrected chi connectivity index (χ4v) is 1.95. The Balaban J connectivity index is 1.92. The number of aromatic nitrogens is 2. The van der Waals surface area contributed by atoms with E-state index < -0.39 is 0 Å². The fraction of sp³-hybridized carbons (Fsp3) is 0.692. The molecule has 1 atom stereocenters. The van der Waals surface area contributed by atoms with Crippen LogP contribution in [0.1, 0.15) is 44.9 Å². The maximum absolute atomic E-state index is 9.80. The minimum absolute atomic E-state index is 0.356. The summed E-state index contributed by atoms with van der Waals surface area (Å²) < 4.78 is 0. The molecule has 0 bridgehead atoms. The van der Waals surface area contributed by atoms with Gasteiger partial charge in [-0.1, -0.05) is 13.8 Å². The Morgan fingerprint density at radius 2 is 2.17 bits per heavy atom. The Morgan fingerprint density at radius 3 is 2.78 bits per heavy atom. The lowest BCUT2D eigenvalue weighted by Crippen LogP contribution is -2.22. The van der Waals surface area contributed by atoms with Crippen LogP contribution in [0.4, 0.5) is 11.6 Å². The SMILES string of the molecule is CC(C)CC(O)CNc1cc(N)nc(C2CC2)n1. The summed E-state index contributed by atoms with van der Waals surface area (Å²) >= 11 is 0. The molecule has 1 aliphatic carbocycles. The van der Waals surface area contributed by atoms with Gasteiger partial charge < -0.3 is 16.2 Å². The maximum atomic E-state index is 9.80. The van der Waals surface area contributed by atoms with Crippen molar-refractivity contribution in [2.75, 3.05) is 17.6 Å². The zero-order valence-electron chi connectivity index (χ0n) is 11.1. The van der Waals surface area contributed by atoms with E-state index >= 15 is 0 Å². The van der Waals surface area contributed by atoms with Crippen molar-refractivity contribution in [2.24, 2.45) is 5.92 Å². The summed E-state index contributed by atoms with van der Waals surface area (Å²) in [5, 5.41) is 12.9. The highest BCUT2D eigenvalue weighted by Crippen LogP contribution is 2.38. The molecule has 1 saturated carbocycles. The molecule has 1 unspecified atom stereocenters. The van der Waals surface area contributed by atoms with Gasteiger partial charge in [-0.15, -0.1) is 0 Å². The lowest BCUT2D eigenvalue weighted by Gasteiger charge is -2.14. The van der Waals surface area contributed by atoms with Crippen molar-refractivity contribution in [1.82, 2.24) is 9.97 Å². The summed E-state index contributed by atoms with van der Waals surface area (Å²) in [6, 6.07) is 1.72. The topological polar surface area (TPSA) is 84.1 Å². The number of aliphatic hydroxyl groups excluding tert-OH is 1. The van der Waals surface area contributed by atoms with Crippen LogP contribution >= 0.6 is 0 Å². The fourth-order valence-electron chi connectivity index (χ4n) is 1.95. The van der Waals surface area contributed by atoms with Crippen molar-refractivity contribution >= 4 is 11.6 Å². The average Bonchev–Trinajstić information content (AvgIpc) is 3.08. The molecule has 2 rings (SSSR count). The first kappa shape index (κ1) is 13.1. The van der Waals surface area contributed by atoms with Crippen molar-refractivity contribution in [3.63, 3.8) is 0 Å². The molecule has 0 spiro atoms. The van der Waals surface area contributed by atoms with Gasteiger partial charge in [0.1, 0.15) is 17.5 Å². The zero-order chi connectivity index (χ0) is 13.1. The predicted molar refractivity (Wildman–Crippen MR) is 72.4 cm³/mol. The Bertz CT molecular complexity index is 404. The summed E-state index contributed by atoms with van der Waals surface area (Å²) in [7, 11) is 0. The van der Waals surface area contributed by atoms with Gasteiger partial charge in [-0.05, 0) is 25.2 Å². The number of aliphatic hydroxyl groups is 1. The summed E-state index contributed by atoms with van der Waals surface area (Å²) in [6.45, 7) is 4.69. The third-order valence-electron chi connectivity index (χ3n) is 2.97. The molecule has 5 heteroatoms. The minimum Gasteiger partial charge on any atom is -0.391 e. The van der Waals surface area contributed by atoms with E-state index in [9.17, 15) is 5.11 Å². The minimum atomic E-state index is -0.356. The Kier molecular flexibility index (Phi) is 4.01. The van der Waals surface area contributed by atoms with Gasteiger partial charge >= 0.3 is 0 Å². The zero-order valence-corrected chi connectivity index (χ0v) is 11.1. The first-order valence-corrected chi connectivity index (χ1v) is 6.61. The maximum Gasteiger partial charge on any atom is 0.136 e. The van der Waals surface area contributed by atoms with Crippen LogP contribution in [-0.4, -0.2) is 27.7 Å². The predicted octanol–water partition coefficient (Wildman–Crippen LogP) is 1.76. The largest absolute Gasteiger partial charge is 0.391 e. The molecule has 0 amide bonds. The summed E-state index contributed by atoms with van der Waals surface area (Å²) in [5.74, 6) is 3.00. The molecule has 1 aliphatic rings. The standard InChI is InChI=1S/C13H22N4O/c1-8(2)5-10(18)7-15-12-6-11(14)16-13(17-12)9-3-4-9/h6,8-10,18H,3-5,7H2,1-2H3,(H3,14,15,16,17).